The summed E-state index contributed by atoms with van der Waals surface area (Å²) in [5, 5.41) is 12.7. The minimum atomic E-state index is -0.271. The molecule has 146 valence electrons. The Hall–Kier alpha value is -2.73. The zero-order valence-corrected chi connectivity index (χ0v) is 17.0. The van der Waals surface area contributed by atoms with Crippen LogP contribution < -0.4 is 14.8 Å². The van der Waals surface area contributed by atoms with Gasteiger partial charge in [0.1, 0.15) is 18.2 Å². The summed E-state index contributed by atoms with van der Waals surface area (Å²) in [6.45, 7) is 3.32. The molecule has 2 N–H and O–H groups in total. The number of ether oxygens (including phenoxy) is 2. The predicted molar refractivity (Wildman–Crippen MR) is 111 cm³/mol. The number of aromatic hydroxyl groups is 1. The van der Waals surface area contributed by atoms with E-state index in [4.69, 9.17) is 9.47 Å². The Kier molecular flexibility index (Phi) is 6.76. The molecule has 3 aromatic carbocycles. The van der Waals surface area contributed by atoms with Crippen molar-refractivity contribution in [3.63, 3.8) is 0 Å². The van der Waals surface area contributed by atoms with Gasteiger partial charge in [0.05, 0.1) is 6.61 Å². The quantitative estimate of drug-likeness (QED) is 0.424. The predicted octanol–water partition coefficient (Wildman–Crippen LogP) is 5.88. The number of hydrogen-bond donors (Lipinski definition) is 2. The molecule has 6 heteroatoms. The van der Waals surface area contributed by atoms with Gasteiger partial charge in [0.15, 0.2) is 11.5 Å². The van der Waals surface area contributed by atoms with E-state index in [-0.39, 0.29) is 11.6 Å². The van der Waals surface area contributed by atoms with E-state index in [0.29, 0.717) is 31.3 Å². The molecule has 0 fully saturated rings. The molecule has 3 aromatic rings. The minimum absolute atomic E-state index is 0.230. The molecule has 0 aliphatic rings. The van der Waals surface area contributed by atoms with Crippen LogP contribution in [-0.2, 0) is 13.2 Å². The van der Waals surface area contributed by atoms with Gasteiger partial charge < -0.3 is 19.9 Å². The van der Waals surface area contributed by atoms with Gasteiger partial charge in [-0.1, -0.05) is 28.1 Å². The smallest absolute Gasteiger partial charge is 0.162 e. The van der Waals surface area contributed by atoms with Crippen molar-refractivity contribution in [2.75, 3.05) is 11.9 Å². The molecule has 0 bridgehead atoms. The molecular formula is C22H21BrFNO3. The lowest BCUT2D eigenvalue weighted by Crippen LogP contribution is -2.04. The monoisotopic (exact) mass is 445 g/mol. The molecule has 0 saturated heterocycles. The largest absolute Gasteiger partial charge is 0.508 e. The van der Waals surface area contributed by atoms with Gasteiger partial charge in [-0.05, 0) is 66.6 Å². The number of hydrogen-bond acceptors (Lipinski definition) is 4. The molecule has 0 aliphatic carbocycles. The van der Waals surface area contributed by atoms with Crippen molar-refractivity contribution in [3.05, 3.63) is 82.1 Å². The summed E-state index contributed by atoms with van der Waals surface area (Å²) >= 11 is 3.59. The van der Waals surface area contributed by atoms with Crippen LogP contribution in [0.2, 0.25) is 0 Å². The highest BCUT2D eigenvalue weighted by Crippen LogP contribution is 2.35. The fraction of sp³-hybridized carbons (Fsp3) is 0.182. The Morgan fingerprint density at radius 1 is 0.964 bits per heavy atom. The van der Waals surface area contributed by atoms with Crippen molar-refractivity contribution in [1.29, 1.82) is 0 Å². The Bertz CT molecular complexity index is 914. The maximum absolute atomic E-state index is 13.0. The number of phenols is 1. The number of rotatable bonds is 8. The van der Waals surface area contributed by atoms with E-state index in [9.17, 15) is 9.50 Å². The summed E-state index contributed by atoms with van der Waals surface area (Å²) in [6, 6.07) is 16.9. The first-order valence-corrected chi connectivity index (χ1v) is 9.70. The number of halogens is 2. The van der Waals surface area contributed by atoms with E-state index < -0.39 is 0 Å². The van der Waals surface area contributed by atoms with Crippen LogP contribution in [0.1, 0.15) is 18.1 Å². The van der Waals surface area contributed by atoms with Crippen molar-refractivity contribution >= 4 is 21.6 Å². The van der Waals surface area contributed by atoms with Crippen molar-refractivity contribution in [2.45, 2.75) is 20.1 Å². The average molecular weight is 446 g/mol. The standard InChI is InChI=1S/C22H21BrFNO3/c1-2-27-21-11-16(13-25-18-7-9-19(26)10-8-18)20(23)12-22(21)28-14-15-3-5-17(24)6-4-15/h3-12,25-26H,2,13-14H2,1H3. The molecule has 3 rings (SSSR count). The van der Waals surface area contributed by atoms with Gasteiger partial charge in [0.2, 0.25) is 0 Å². The van der Waals surface area contributed by atoms with Crippen LogP contribution in [0.4, 0.5) is 10.1 Å². The third-order valence-corrected chi connectivity index (χ3v) is 4.81. The molecular weight excluding hydrogens is 425 g/mol. The topological polar surface area (TPSA) is 50.7 Å². The fourth-order valence-electron chi connectivity index (χ4n) is 2.61. The van der Waals surface area contributed by atoms with E-state index in [1.165, 1.54) is 12.1 Å². The van der Waals surface area contributed by atoms with Crippen molar-refractivity contribution in [2.24, 2.45) is 0 Å². The van der Waals surface area contributed by atoms with E-state index in [1.54, 1.807) is 24.3 Å². The number of phenolic OH excluding ortho intramolecular Hbond substituents is 1. The second kappa shape index (κ2) is 9.46. The van der Waals surface area contributed by atoms with Gasteiger partial charge in [0, 0.05) is 16.7 Å². The lowest BCUT2D eigenvalue weighted by molar-refractivity contribution is 0.269. The number of benzene rings is 3. The highest BCUT2D eigenvalue weighted by Gasteiger charge is 2.11. The molecule has 0 atom stereocenters. The van der Waals surface area contributed by atoms with Crippen LogP contribution in [-0.4, -0.2) is 11.7 Å². The highest BCUT2D eigenvalue weighted by molar-refractivity contribution is 9.10. The van der Waals surface area contributed by atoms with E-state index >= 15 is 0 Å². The molecule has 0 unspecified atom stereocenters. The first-order chi connectivity index (χ1) is 13.5. The molecule has 28 heavy (non-hydrogen) atoms. The SMILES string of the molecule is CCOc1cc(CNc2ccc(O)cc2)c(Br)cc1OCc1ccc(F)cc1. The van der Waals surface area contributed by atoms with Gasteiger partial charge in [-0.15, -0.1) is 0 Å². The fourth-order valence-corrected chi connectivity index (χ4v) is 3.07. The lowest BCUT2D eigenvalue weighted by Gasteiger charge is -2.16. The maximum atomic E-state index is 13.0. The van der Waals surface area contributed by atoms with Crippen LogP contribution in [0.3, 0.4) is 0 Å². The molecule has 4 nitrogen and oxygen atoms in total. The van der Waals surface area contributed by atoms with Crippen LogP contribution in [0.5, 0.6) is 17.2 Å². The molecule has 0 heterocycles. The second-order valence-electron chi connectivity index (χ2n) is 6.14. The van der Waals surface area contributed by atoms with E-state index in [0.717, 1.165) is 21.3 Å². The first-order valence-electron chi connectivity index (χ1n) is 8.90. The third kappa shape index (κ3) is 5.39. The summed E-state index contributed by atoms with van der Waals surface area (Å²) in [4.78, 5) is 0. The highest BCUT2D eigenvalue weighted by atomic mass is 79.9. The summed E-state index contributed by atoms with van der Waals surface area (Å²) in [5.74, 6) is 1.22. The summed E-state index contributed by atoms with van der Waals surface area (Å²) < 4.78 is 25.6. The summed E-state index contributed by atoms with van der Waals surface area (Å²) in [7, 11) is 0. The van der Waals surface area contributed by atoms with Gasteiger partial charge in [-0.3, -0.25) is 0 Å². The molecule has 0 spiro atoms. The van der Waals surface area contributed by atoms with E-state index in [2.05, 4.69) is 21.2 Å². The average Bonchev–Trinajstić information content (AvgIpc) is 2.69. The van der Waals surface area contributed by atoms with Gasteiger partial charge >= 0.3 is 0 Å². The van der Waals surface area contributed by atoms with Gasteiger partial charge in [0.25, 0.3) is 0 Å². The molecule has 0 saturated carbocycles. The van der Waals surface area contributed by atoms with Crippen LogP contribution >= 0.6 is 15.9 Å². The Morgan fingerprint density at radius 2 is 1.64 bits per heavy atom. The van der Waals surface area contributed by atoms with E-state index in [1.807, 2.05) is 31.2 Å². The van der Waals surface area contributed by atoms with Crippen molar-refractivity contribution in [1.82, 2.24) is 0 Å². The summed E-state index contributed by atoms with van der Waals surface area (Å²) in [5.41, 5.74) is 2.78. The van der Waals surface area contributed by atoms with Crippen LogP contribution in [0.15, 0.2) is 65.1 Å². The minimum Gasteiger partial charge on any atom is -0.508 e. The zero-order chi connectivity index (χ0) is 19.9. The number of anilines is 1. The van der Waals surface area contributed by atoms with Gasteiger partial charge in [-0.25, -0.2) is 4.39 Å². The van der Waals surface area contributed by atoms with Crippen LogP contribution in [0.25, 0.3) is 0 Å². The van der Waals surface area contributed by atoms with Gasteiger partial charge in [-0.2, -0.15) is 0 Å². The molecule has 0 aliphatic heterocycles. The Labute approximate surface area is 172 Å². The second-order valence-corrected chi connectivity index (χ2v) is 6.99. The molecule has 0 aromatic heterocycles. The Balaban J connectivity index is 1.72. The zero-order valence-electron chi connectivity index (χ0n) is 15.4. The molecule has 0 radical (unpaired) electrons. The third-order valence-electron chi connectivity index (χ3n) is 4.07. The maximum Gasteiger partial charge on any atom is 0.162 e. The summed E-state index contributed by atoms with van der Waals surface area (Å²) in [6.07, 6.45) is 0. The lowest BCUT2D eigenvalue weighted by atomic mass is 10.2. The first kappa shape index (κ1) is 20.0. The number of nitrogens with one attached hydrogen (secondary N) is 1. The Morgan fingerprint density at radius 3 is 2.32 bits per heavy atom. The van der Waals surface area contributed by atoms with Crippen molar-refractivity contribution in [3.8, 4) is 17.2 Å². The van der Waals surface area contributed by atoms with Crippen molar-refractivity contribution < 1.29 is 19.0 Å². The normalized spacial score (nSPS) is 10.5. The molecule has 0 amide bonds. The van der Waals surface area contributed by atoms with Crippen LogP contribution in [0, 0.1) is 5.82 Å².